The minimum absolute atomic E-state index is 0.0881. The highest BCUT2D eigenvalue weighted by molar-refractivity contribution is 5.75. The zero-order chi connectivity index (χ0) is 21.6. The molecule has 1 fully saturated rings. The molecule has 1 aliphatic heterocycles. The zero-order valence-corrected chi connectivity index (χ0v) is 18.7. The number of para-hydroxylation sites is 1. The number of nitrogens with zero attached hydrogens (tertiary/aromatic N) is 1. The summed E-state index contributed by atoms with van der Waals surface area (Å²) < 4.78 is 17.4. The third kappa shape index (κ3) is 5.07. The van der Waals surface area contributed by atoms with Gasteiger partial charge >= 0.3 is 0 Å². The highest BCUT2D eigenvalue weighted by atomic mass is 16.5. The fourth-order valence-corrected chi connectivity index (χ4v) is 4.52. The highest BCUT2D eigenvalue weighted by Gasteiger charge is 2.41. The predicted molar refractivity (Wildman–Crippen MR) is 118 cm³/mol. The number of hydrogen-bond acceptors (Lipinski definition) is 4. The molecule has 0 saturated carbocycles. The van der Waals surface area contributed by atoms with Crippen LogP contribution in [0.4, 0.5) is 0 Å². The van der Waals surface area contributed by atoms with E-state index in [4.69, 9.17) is 13.9 Å². The van der Waals surface area contributed by atoms with Crippen molar-refractivity contribution in [3.05, 3.63) is 54.0 Å². The SMILES string of the molecule is CCC(=O)N(CC[C@@]1(c2ccccc2OC)CCO[C@H](C(C)C)C1)Cc1ccco1. The van der Waals surface area contributed by atoms with Crippen molar-refractivity contribution in [1.29, 1.82) is 0 Å². The van der Waals surface area contributed by atoms with Crippen molar-refractivity contribution in [2.75, 3.05) is 20.3 Å². The van der Waals surface area contributed by atoms with Crippen LogP contribution in [0.3, 0.4) is 0 Å². The lowest BCUT2D eigenvalue weighted by molar-refractivity contribution is -0.132. The van der Waals surface area contributed by atoms with E-state index in [-0.39, 0.29) is 17.4 Å². The number of carbonyl (C=O) groups excluding carboxylic acids is 1. The summed E-state index contributed by atoms with van der Waals surface area (Å²) in [5, 5.41) is 0. The maximum atomic E-state index is 12.7. The fraction of sp³-hybridized carbons (Fsp3) is 0.560. The van der Waals surface area contributed by atoms with E-state index in [0.29, 0.717) is 25.4 Å². The van der Waals surface area contributed by atoms with Crippen molar-refractivity contribution in [2.45, 2.75) is 64.5 Å². The third-order valence-electron chi connectivity index (χ3n) is 6.37. The van der Waals surface area contributed by atoms with Gasteiger partial charge in [0.05, 0.1) is 26.0 Å². The third-order valence-corrected chi connectivity index (χ3v) is 6.37. The number of carbonyl (C=O) groups is 1. The highest BCUT2D eigenvalue weighted by Crippen LogP contribution is 2.45. The number of hydrogen-bond donors (Lipinski definition) is 0. The van der Waals surface area contributed by atoms with Gasteiger partial charge in [-0.25, -0.2) is 0 Å². The van der Waals surface area contributed by atoms with Crippen molar-refractivity contribution in [3.8, 4) is 5.75 Å². The van der Waals surface area contributed by atoms with Gasteiger partial charge in [0.1, 0.15) is 11.5 Å². The van der Waals surface area contributed by atoms with Crippen molar-refractivity contribution in [3.63, 3.8) is 0 Å². The van der Waals surface area contributed by atoms with Gasteiger partial charge in [-0.15, -0.1) is 0 Å². The standard InChI is InChI=1S/C25H35NO4/c1-5-24(27)26(18-20-9-8-15-29-20)14-12-25(13-16-30-23(17-25)19(2)3)21-10-6-7-11-22(21)28-4/h6-11,15,19,23H,5,12-14,16-18H2,1-4H3/t23-,25+/m0/s1. The summed E-state index contributed by atoms with van der Waals surface area (Å²) in [5.41, 5.74) is 1.14. The first-order valence-electron chi connectivity index (χ1n) is 11.0. The zero-order valence-electron chi connectivity index (χ0n) is 18.7. The first kappa shape index (κ1) is 22.4. The smallest absolute Gasteiger partial charge is 0.222 e. The Morgan fingerprint density at radius 1 is 1.27 bits per heavy atom. The van der Waals surface area contributed by atoms with E-state index in [2.05, 4.69) is 26.0 Å². The molecule has 0 radical (unpaired) electrons. The van der Waals surface area contributed by atoms with Crippen LogP contribution in [0.2, 0.25) is 0 Å². The van der Waals surface area contributed by atoms with E-state index in [1.807, 2.05) is 36.1 Å². The van der Waals surface area contributed by atoms with Gasteiger partial charge in [-0.2, -0.15) is 0 Å². The number of ether oxygens (including phenoxy) is 2. The molecule has 5 nitrogen and oxygen atoms in total. The lowest BCUT2D eigenvalue weighted by Gasteiger charge is -2.44. The van der Waals surface area contributed by atoms with Gasteiger partial charge in [-0.1, -0.05) is 39.0 Å². The lowest BCUT2D eigenvalue weighted by Crippen LogP contribution is -2.44. The predicted octanol–water partition coefficient (Wildman–Crippen LogP) is 5.19. The number of furan rings is 1. The van der Waals surface area contributed by atoms with Crippen LogP contribution in [0.1, 0.15) is 57.8 Å². The molecule has 3 rings (SSSR count). The van der Waals surface area contributed by atoms with Crippen LogP contribution in [0, 0.1) is 5.92 Å². The largest absolute Gasteiger partial charge is 0.496 e. The summed E-state index contributed by atoms with van der Waals surface area (Å²) in [4.78, 5) is 14.6. The van der Waals surface area contributed by atoms with Crippen molar-refractivity contribution in [2.24, 2.45) is 5.92 Å². The normalized spacial score (nSPS) is 21.6. The quantitative estimate of drug-likeness (QED) is 0.568. The van der Waals surface area contributed by atoms with Crippen molar-refractivity contribution >= 4 is 5.91 Å². The fourth-order valence-electron chi connectivity index (χ4n) is 4.52. The van der Waals surface area contributed by atoms with Gasteiger partial charge < -0.3 is 18.8 Å². The van der Waals surface area contributed by atoms with Crippen LogP contribution in [0.15, 0.2) is 47.1 Å². The molecule has 164 valence electrons. The summed E-state index contributed by atoms with van der Waals surface area (Å²) in [6.45, 7) is 8.25. The molecule has 0 bridgehead atoms. The Morgan fingerprint density at radius 3 is 2.73 bits per heavy atom. The topological polar surface area (TPSA) is 51.9 Å². The van der Waals surface area contributed by atoms with Gasteiger partial charge in [0.2, 0.25) is 5.91 Å². The average Bonchev–Trinajstić information content (AvgIpc) is 3.29. The molecule has 30 heavy (non-hydrogen) atoms. The Bertz CT molecular complexity index is 801. The molecular weight excluding hydrogens is 378 g/mol. The number of amides is 1. The van der Waals surface area contributed by atoms with Crippen LogP contribution >= 0.6 is 0 Å². The summed E-state index contributed by atoms with van der Waals surface area (Å²) in [7, 11) is 1.73. The van der Waals surface area contributed by atoms with Crippen LogP contribution < -0.4 is 4.74 Å². The summed E-state index contributed by atoms with van der Waals surface area (Å²) in [6.07, 6.45) is 5.06. The Morgan fingerprint density at radius 2 is 2.07 bits per heavy atom. The summed E-state index contributed by atoms with van der Waals surface area (Å²) in [6, 6.07) is 12.1. The molecule has 0 spiro atoms. The van der Waals surface area contributed by atoms with Crippen LogP contribution in [-0.4, -0.2) is 37.2 Å². The Hall–Kier alpha value is -2.27. The maximum absolute atomic E-state index is 12.7. The molecule has 1 aliphatic rings. The summed E-state index contributed by atoms with van der Waals surface area (Å²) >= 11 is 0. The van der Waals surface area contributed by atoms with Gasteiger partial charge in [-0.05, 0) is 43.4 Å². The van der Waals surface area contributed by atoms with E-state index < -0.39 is 0 Å². The molecule has 0 unspecified atom stereocenters. The van der Waals surface area contributed by atoms with E-state index in [9.17, 15) is 4.79 Å². The number of benzene rings is 1. The Balaban J connectivity index is 1.89. The Labute approximate surface area is 180 Å². The maximum Gasteiger partial charge on any atom is 0.222 e. The lowest BCUT2D eigenvalue weighted by atomic mass is 9.68. The monoisotopic (exact) mass is 413 g/mol. The van der Waals surface area contributed by atoms with Crippen LogP contribution in [-0.2, 0) is 21.5 Å². The first-order valence-corrected chi connectivity index (χ1v) is 11.0. The molecule has 1 aromatic heterocycles. The molecule has 5 heteroatoms. The molecule has 2 aromatic rings. The minimum atomic E-state index is -0.0881. The number of rotatable bonds is 9. The first-order chi connectivity index (χ1) is 14.5. The molecule has 0 aliphatic carbocycles. The van der Waals surface area contributed by atoms with Gasteiger partial charge in [0, 0.05) is 30.6 Å². The average molecular weight is 414 g/mol. The molecule has 0 N–H and O–H groups in total. The molecule has 1 amide bonds. The van der Waals surface area contributed by atoms with Crippen molar-refractivity contribution < 1.29 is 18.7 Å². The molecular formula is C25H35NO4. The van der Waals surface area contributed by atoms with Crippen molar-refractivity contribution in [1.82, 2.24) is 4.90 Å². The minimum Gasteiger partial charge on any atom is -0.496 e. The Kier molecular flexibility index (Phi) is 7.59. The van der Waals surface area contributed by atoms with E-state index in [1.165, 1.54) is 5.56 Å². The van der Waals surface area contributed by atoms with Gasteiger partial charge in [0.15, 0.2) is 0 Å². The summed E-state index contributed by atoms with van der Waals surface area (Å²) in [5.74, 6) is 2.32. The van der Waals surface area contributed by atoms with E-state index >= 15 is 0 Å². The van der Waals surface area contributed by atoms with E-state index in [1.54, 1.807) is 13.4 Å². The van der Waals surface area contributed by atoms with Crippen LogP contribution in [0.25, 0.3) is 0 Å². The second kappa shape index (κ2) is 10.2. The molecule has 2 heterocycles. The molecule has 1 aromatic carbocycles. The molecule has 2 atom stereocenters. The number of methoxy groups -OCH3 is 1. The van der Waals surface area contributed by atoms with Gasteiger partial charge in [0.25, 0.3) is 0 Å². The van der Waals surface area contributed by atoms with Gasteiger partial charge in [-0.3, -0.25) is 4.79 Å². The second-order valence-electron chi connectivity index (χ2n) is 8.59. The van der Waals surface area contributed by atoms with E-state index in [0.717, 1.165) is 37.4 Å². The van der Waals surface area contributed by atoms with Crippen LogP contribution in [0.5, 0.6) is 5.75 Å². The molecule has 1 saturated heterocycles. The second-order valence-corrected chi connectivity index (χ2v) is 8.59.